The zero-order valence-electron chi connectivity index (χ0n) is 12.2. The molecular weight excluding hydrogens is 355 g/mol. The summed E-state index contributed by atoms with van der Waals surface area (Å²) in [5.41, 5.74) is 5.80. The zero-order chi connectivity index (χ0) is 13.2. The minimum absolute atomic E-state index is 0. The van der Waals surface area contributed by atoms with Crippen LogP contribution in [-0.2, 0) is 4.74 Å². The van der Waals surface area contributed by atoms with E-state index < -0.39 is 0 Å². The number of nitrogens with two attached hydrogens (primary N) is 1. The number of rotatable bonds is 9. The Balaban J connectivity index is 0.00000324. The summed E-state index contributed by atoms with van der Waals surface area (Å²) >= 11 is 0. The number of hydrogen-bond donors (Lipinski definition) is 2. The molecule has 19 heavy (non-hydrogen) atoms. The van der Waals surface area contributed by atoms with E-state index >= 15 is 0 Å². The molecule has 6 heteroatoms. The van der Waals surface area contributed by atoms with Crippen molar-refractivity contribution in [2.24, 2.45) is 16.6 Å². The molecule has 1 rings (SSSR count). The Bertz CT molecular complexity index is 247. The normalized spacial score (nSPS) is 16.1. The molecule has 0 unspecified atom stereocenters. The van der Waals surface area contributed by atoms with Gasteiger partial charge in [-0.25, -0.2) is 0 Å². The van der Waals surface area contributed by atoms with E-state index in [1.807, 2.05) is 0 Å². The van der Waals surface area contributed by atoms with Crippen LogP contribution in [0, 0.1) is 5.92 Å². The second-order valence-electron chi connectivity index (χ2n) is 5.10. The first-order valence-electron chi connectivity index (χ1n) is 6.93. The molecule has 0 aliphatic heterocycles. The summed E-state index contributed by atoms with van der Waals surface area (Å²) < 4.78 is 5.03. The van der Waals surface area contributed by atoms with Crippen molar-refractivity contribution in [1.82, 2.24) is 10.2 Å². The maximum Gasteiger partial charge on any atom is 0.188 e. The van der Waals surface area contributed by atoms with E-state index in [1.165, 1.54) is 19.3 Å². The third-order valence-electron chi connectivity index (χ3n) is 3.44. The molecule has 0 amide bonds. The molecule has 0 saturated heterocycles. The Morgan fingerprint density at radius 3 is 2.74 bits per heavy atom. The van der Waals surface area contributed by atoms with Crippen molar-refractivity contribution in [1.29, 1.82) is 0 Å². The molecule has 5 nitrogen and oxygen atoms in total. The quantitative estimate of drug-likeness (QED) is 0.272. The van der Waals surface area contributed by atoms with Crippen molar-refractivity contribution >= 4 is 29.9 Å². The molecule has 0 bridgehead atoms. The standard InChI is InChI=1S/C13H28N4O.HI/c1-17(9-10-18-2)8-4-7-15-13(14)16-11-12-5-3-6-12;/h12H,3-11H2,1-2H3,(H3,14,15,16);1H. The largest absolute Gasteiger partial charge is 0.383 e. The second kappa shape index (κ2) is 11.7. The highest BCUT2D eigenvalue weighted by atomic mass is 127. The van der Waals surface area contributed by atoms with Gasteiger partial charge < -0.3 is 20.7 Å². The van der Waals surface area contributed by atoms with Crippen LogP contribution in [0.25, 0.3) is 0 Å². The smallest absolute Gasteiger partial charge is 0.188 e. The average molecular weight is 384 g/mol. The van der Waals surface area contributed by atoms with E-state index in [2.05, 4.69) is 22.3 Å². The fourth-order valence-electron chi connectivity index (χ4n) is 1.88. The fraction of sp³-hybridized carbons (Fsp3) is 0.923. The molecule has 0 radical (unpaired) electrons. The highest BCUT2D eigenvalue weighted by Gasteiger charge is 2.16. The van der Waals surface area contributed by atoms with Crippen molar-refractivity contribution in [3.63, 3.8) is 0 Å². The van der Waals surface area contributed by atoms with Gasteiger partial charge in [-0.1, -0.05) is 6.42 Å². The Hall–Kier alpha value is -0.0800. The Labute approximate surface area is 134 Å². The van der Waals surface area contributed by atoms with Crippen LogP contribution in [0.3, 0.4) is 0 Å². The van der Waals surface area contributed by atoms with Gasteiger partial charge in [0.15, 0.2) is 5.96 Å². The first-order chi connectivity index (χ1) is 8.72. The number of ether oxygens (including phenoxy) is 1. The van der Waals surface area contributed by atoms with Gasteiger partial charge in [0.2, 0.25) is 0 Å². The molecule has 1 aliphatic carbocycles. The van der Waals surface area contributed by atoms with Crippen LogP contribution in [0.15, 0.2) is 4.99 Å². The molecule has 0 aromatic carbocycles. The van der Waals surface area contributed by atoms with E-state index in [0.29, 0.717) is 5.96 Å². The number of nitrogens with one attached hydrogen (secondary N) is 1. The van der Waals surface area contributed by atoms with Crippen LogP contribution in [0.1, 0.15) is 25.7 Å². The monoisotopic (exact) mass is 384 g/mol. The summed E-state index contributed by atoms with van der Waals surface area (Å²) in [5.74, 6) is 1.38. The van der Waals surface area contributed by atoms with Crippen molar-refractivity contribution in [3.8, 4) is 0 Å². The lowest BCUT2D eigenvalue weighted by molar-refractivity contribution is 0.161. The summed E-state index contributed by atoms with van der Waals surface area (Å²) in [6.07, 6.45) is 5.07. The first-order valence-corrected chi connectivity index (χ1v) is 6.93. The molecule has 0 atom stereocenters. The molecule has 114 valence electrons. The first kappa shape index (κ1) is 18.9. The maximum atomic E-state index is 5.80. The summed E-state index contributed by atoms with van der Waals surface area (Å²) in [7, 11) is 3.84. The van der Waals surface area contributed by atoms with Crippen LogP contribution in [0.4, 0.5) is 0 Å². The Morgan fingerprint density at radius 2 is 2.16 bits per heavy atom. The van der Waals surface area contributed by atoms with E-state index in [4.69, 9.17) is 10.5 Å². The maximum absolute atomic E-state index is 5.80. The zero-order valence-corrected chi connectivity index (χ0v) is 14.6. The summed E-state index contributed by atoms with van der Waals surface area (Å²) in [5, 5.41) is 3.17. The topological polar surface area (TPSA) is 62.9 Å². The van der Waals surface area contributed by atoms with Gasteiger partial charge in [0, 0.05) is 26.7 Å². The highest BCUT2D eigenvalue weighted by molar-refractivity contribution is 14.0. The van der Waals surface area contributed by atoms with Gasteiger partial charge in [-0.3, -0.25) is 4.99 Å². The number of nitrogens with zero attached hydrogens (tertiary/aromatic N) is 2. The Morgan fingerprint density at radius 1 is 1.42 bits per heavy atom. The highest BCUT2D eigenvalue weighted by Crippen LogP contribution is 2.26. The predicted molar refractivity (Wildman–Crippen MR) is 91.2 cm³/mol. The molecule has 0 heterocycles. The minimum atomic E-state index is 0. The SMILES string of the molecule is COCCN(C)CCCNC(N)=NCC1CCC1.I. The van der Waals surface area contributed by atoms with Crippen LogP contribution in [-0.4, -0.2) is 57.8 Å². The minimum Gasteiger partial charge on any atom is -0.383 e. The van der Waals surface area contributed by atoms with E-state index in [0.717, 1.165) is 45.1 Å². The van der Waals surface area contributed by atoms with Gasteiger partial charge in [0.1, 0.15) is 0 Å². The van der Waals surface area contributed by atoms with Crippen molar-refractivity contribution in [3.05, 3.63) is 0 Å². The fourth-order valence-corrected chi connectivity index (χ4v) is 1.88. The number of halogens is 1. The van der Waals surface area contributed by atoms with Crippen molar-refractivity contribution < 1.29 is 4.74 Å². The number of hydrogen-bond acceptors (Lipinski definition) is 3. The van der Waals surface area contributed by atoms with E-state index in [9.17, 15) is 0 Å². The molecule has 1 fully saturated rings. The van der Waals surface area contributed by atoms with Gasteiger partial charge in [0.05, 0.1) is 6.61 Å². The molecule has 0 spiro atoms. The van der Waals surface area contributed by atoms with Gasteiger partial charge in [0.25, 0.3) is 0 Å². The van der Waals surface area contributed by atoms with Gasteiger partial charge in [-0.05, 0) is 38.8 Å². The van der Waals surface area contributed by atoms with Crippen molar-refractivity contribution in [2.45, 2.75) is 25.7 Å². The van der Waals surface area contributed by atoms with Crippen molar-refractivity contribution in [2.75, 3.05) is 46.9 Å². The number of guanidine groups is 1. The molecule has 3 N–H and O–H groups in total. The van der Waals surface area contributed by atoms with E-state index in [1.54, 1.807) is 7.11 Å². The molecule has 1 aliphatic rings. The van der Waals surface area contributed by atoms with E-state index in [-0.39, 0.29) is 24.0 Å². The lowest BCUT2D eigenvalue weighted by Crippen LogP contribution is -2.35. The molecule has 1 saturated carbocycles. The average Bonchev–Trinajstić information content (AvgIpc) is 2.30. The summed E-state index contributed by atoms with van der Waals surface area (Å²) in [6, 6.07) is 0. The van der Waals surface area contributed by atoms with Gasteiger partial charge in [-0.15, -0.1) is 24.0 Å². The predicted octanol–water partition coefficient (Wildman–Crippen LogP) is 1.28. The van der Waals surface area contributed by atoms with Gasteiger partial charge in [-0.2, -0.15) is 0 Å². The van der Waals surface area contributed by atoms with Gasteiger partial charge >= 0.3 is 0 Å². The van der Waals surface area contributed by atoms with Crippen LogP contribution in [0.5, 0.6) is 0 Å². The summed E-state index contributed by atoms with van der Waals surface area (Å²) in [6.45, 7) is 4.59. The Kier molecular flexibility index (Phi) is 11.7. The number of aliphatic imine (C=N–C) groups is 1. The third kappa shape index (κ3) is 9.45. The lowest BCUT2D eigenvalue weighted by atomic mass is 9.86. The van der Waals surface area contributed by atoms with Crippen LogP contribution >= 0.6 is 24.0 Å². The number of methoxy groups -OCH3 is 1. The molecular formula is C13H29IN4O. The summed E-state index contributed by atoms with van der Waals surface area (Å²) in [4.78, 5) is 6.62. The molecule has 0 aromatic heterocycles. The van der Waals surface area contributed by atoms with Crippen LogP contribution < -0.4 is 11.1 Å². The third-order valence-corrected chi connectivity index (χ3v) is 3.44. The lowest BCUT2D eigenvalue weighted by Gasteiger charge is -2.23. The number of likely N-dealkylation sites (N-methyl/N-ethyl adjacent to an activating group) is 1. The molecule has 0 aromatic rings. The second-order valence-corrected chi connectivity index (χ2v) is 5.10. The van der Waals surface area contributed by atoms with Crippen LogP contribution in [0.2, 0.25) is 0 Å².